The summed E-state index contributed by atoms with van der Waals surface area (Å²) in [5.41, 5.74) is 2.63. The zero-order valence-corrected chi connectivity index (χ0v) is 25.8. The first-order chi connectivity index (χ1) is 21.1. The highest BCUT2D eigenvalue weighted by atomic mass is 32.1. The van der Waals surface area contributed by atoms with Gasteiger partial charge in [-0.2, -0.15) is 4.98 Å². The first-order valence-electron chi connectivity index (χ1n) is 14.5. The maximum Gasteiger partial charge on any atom is 0.268 e. The number of anilines is 2. The minimum Gasteiger partial charge on any atom is -0.490 e. The molecular weight excluding hydrogens is 579 g/mol. The molecule has 43 heavy (non-hydrogen) atoms. The van der Waals surface area contributed by atoms with E-state index in [9.17, 15) is 4.79 Å². The van der Waals surface area contributed by atoms with Crippen LogP contribution in [0.4, 0.5) is 11.6 Å². The molecule has 1 saturated heterocycles. The molecular formula is C32H33N7O2S2. The number of fused-ring (bicyclic) bond motifs is 1. The lowest BCUT2D eigenvalue weighted by Gasteiger charge is -2.23. The van der Waals surface area contributed by atoms with E-state index in [2.05, 4.69) is 38.6 Å². The van der Waals surface area contributed by atoms with Gasteiger partial charge in [0.1, 0.15) is 22.5 Å². The van der Waals surface area contributed by atoms with E-state index in [1.165, 1.54) is 0 Å². The van der Waals surface area contributed by atoms with Crippen LogP contribution in [0.5, 0.6) is 5.75 Å². The number of aromatic nitrogens is 4. The highest BCUT2D eigenvalue weighted by molar-refractivity contribution is 7.14. The maximum absolute atomic E-state index is 13.9. The second kappa shape index (κ2) is 13.4. The minimum absolute atomic E-state index is 0.185. The normalized spacial score (nSPS) is 13.4. The summed E-state index contributed by atoms with van der Waals surface area (Å²) in [6, 6.07) is 14.8. The van der Waals surface area contributed by atoms with Gasteiger partial charge < -0.3 is 20.3 Å². The SMILES string of the molecule is CCN(C#Cc1cc2cnc(Nc3ccc(OC4CCNCC4)cc3)nc2n(Cc2sccc2-c2nccs2)c1=O)CC. The fourth-order valence-corrected chi connectivity index (χ4v) is 6.60. The van der Waals surface area contributed by atoms with Crippen molar-refractivity contribution in [3.8, 4) is 28.3 Å². The number of benzene rings is 1. The van der Waals surface area contributed by atoms with Crippen molar-refractivity contribution < 1.29 is 4.74 Å². The largest absolute Gasteiger partial charge is 0.490 e. The molecule has 11 heteroatoms. The van der Waals surface area contributed by atoms with Gasteiger partial charge in [0.15, 0.2) is 0 Å². The van der Waals surface area contributed by atoms with E-state index >= 15 is 0 Å². The lowest BCUT2D eigenvalue weighted by molar-refractivity contribution is 0.162. The first-order valence-corrected chi connectivity index (χ1v) is 16.2. The summed E-state index contributed by atoms with van der Waals surface area (Å²) in [6.07, 6.45) is 5.79. The van der Waals surface area contributed by atoms with Crippen molar-refractivity contribution in [2.75, 3.05) is 31.5 Å². The number of ether oxygens (including phenoxy) is 1. The van der Waals surface area contributed by atoms with Gasteiger partial charge in [0.25, 0.3) is 5.56 Å². The predicted molar refractivity (Wildman–Crippen MR) is 174 cm³/mol. The molecule has 0 unspecified atom stereocenters. The molecule has 0 aliphatic carbocycles. The van der Waals surface area contributed by atoms with Crippen LogP contribution in [0.3, 0.4) is 0 Å². The zero-order valence-electron chi connectivity index (χ0n) is 24.2. The number of nitrogens with one attached hydrogen (secondary N) is 2. The van der Waals surface area contributed by atoms with Crippen LogP contribution in [0.2, 0.25) is 0 Å². The summed E-state index contributed by atoms with van der Waals surface area (Å²) in [5, 5.41) is 12.3. The first kappa shape index (κ1) is 28.9. The highest BCUT2D eigenvalue weighted by Crippen LogP contribution is 2.31. The Hall–Kier alpha value is -4.24. The van der Waals surface area contributed by atoms with Crippen LogP contribution in [0.1, 0.15) is 37.1 Å². The number of thiophene rings is 1. The van der Waals surface area contributed by atoms with E-state index in [1.54, 1.807) is 45.7 Å². The van der Waals surface area contributed by atoms with Crippen molar-refractivity contribution in [3.63, 3.8) is 0 Å². The Morgan fingerprint density at radius 3 is 2.65 bits per heavy atom. The molecule has 0 spiro atoms. The minimum atomic E-state index is -0.185. The average Bonchev–Trinajstić information content (AvgIpc) is 3.74. The number of hydrogen-bond acceptors (Lipinski definition) is 10. The third-order valence-corrected chi connectivity index (χ3v) is 9.06. The fourth-order valence-electron chi connectivity index (χ4n) is 4.98. The van der Waals surface area contributed by atoms with Crippen LogP contribution in [-0.2, 0) is 6.54 Å². The number of nitrogens with zero attached hydrogens (tertiary/aromatic N) is 5. The standard InChI is InChI=1S/C32H33N7O2S2/c1-3-38(4-2)16-11-22-19-23-20-35-32(36-24-5-7-25(8-6-24)41-26-9-13-33-14-10-26)37-29(23)39(31(22)40)21-28-27(12-17-42-28)30-34-15-18-43-30/h5-8,12,15,17-20,26,33H,3-4,9-10,13-14,21H2,1-2H3,(H,35,36,37). The van der Waals surface area contributed by atoms with Gasteiger partial charge in [-0.3, -0.25) is 9.36 Å². The Balaban J connectivity index is 1.33. The molecule has 0 amide bonds. The summed E-state index contributed by atoms with van der Waals surface area (Å²) in [5.74, 6) is 4.35. The van der Waals surface area contributed by atoms with Crippen molar-refractivity contribution in [1.29, 1.82) is 0 Å². The Kier molecular flexibility index (Phi) is 8.98. The third kappa shape index (κ3) is 6.72. The summed E-state index contributed by atoms with van der Waals surface area (Å²) in [6.45, 7) is 7.97. The van der Waals surface area contributed by atoms with Crippen molar-refractivity contribution in [1.82, 2.24) is 29.7 Å². The number of rotatable bonds is 9. The van der Waals surface area contributed by atoms with Crippen LogP contribution in [0.25, 0.3) is 21.6 Å². The number of piperidine rings is 1. The molecule has 1 aliphatic heterocycles. The van der Waals surface area contributed by atoms with Crippen LogP contribution in [0, 0.1) is 12.0 Å². The van der Waals surface area contributed by atoms with Crippen LogP contribution in [0.15, 0.2) is 64.3 Å². The molecule has 6 rings (SSSR count). The molecule has 9 nitrogen and oxygen atoms in total. The summed E-state index contributed by atoms with van der Waals surface area (Å²) in [4.78, 5) is 30.8. The van der Waals surface area contributed by atoms with Crippen LogP contribution < -0.4 is 20.9 Å². The average molecular weight is 612 g/mol. The molecule has 5 heterocycles. The van der Waals surface area contributed by atoms with E-state index in [4.69, 9.17) is 9.72 Å². The van der Waals surface area contributed by atoms with Crippen molar-refractivity contribution in [2.24, 2.45) is 0 Å². The van der Waals surface area contributed by atoms with E-state index in [0.29, 0.717) is 23.7 Å². The monoisotopic (exact) mass is 611 g/mol. The Morgan fingerprint density at radius 2 is 1.91 bits per heavy atom. The third-order valence-electron chi connectivity index (χ3n) is 7.35. The topological polar surface area (TPSA) is 97.2 Å². The van der Waals surface area contributed by atoms with Crippen molar-refractivity contribution >= 4 is 45.3 Å². The fraction of sp³-hybridized carbons (Fsp3) is 0.312. The summed E-state index contributed by atoms with van der Waals surface area (Å²) in [7, 11) is 0. The molecule has 1 fully saturated rings. The van der Waals surface area contributed by atoms with E-state index in [-0.39, 0.29) is 11.7 Å². The number of hydrogen-bond donors (Lipinski definition) is 2. The van der Waals surface area contributed by atoms with Gasteiger partial charge in [0.05, 0.1) is 12.1 Å². The second-order valence-corrected chi connectivity index (χ2v) is 12.0. The smallest absolute Gasteiger partial charge is 0.268 e. The van der Waals surface area contributed by atoms with Crippen LogP contribution in [-0.4, -0.2) is 56.7 Å². The van der Waals surface area contributed by atoms with E-state index in [1.807, 2.05) is 53.8 Å². The van der Waals surface area contributed by atoms with Crippen LogP contribution >= 0.6 is 22.7 Å². The Labute approximate surface area is 258 Å². The van der Waals surface area contributed by atoms with E-state index in [0.717, 1.165) is 71.3 Å². The number of thiazole rings is 1. The predicted octanol–water partition coefficient (Wildman–Crippen LogP) is 5.55. The molecule has 0 atom stereocenters. The van der Waals surface area contributed by atoms with Gasteiger partial charge in [-0.1, -0.05) is 0 Å². The van der Waals surface area contributed by atoms with Gasteiger partial charge in [0.2, 0.25) is 5.95 Å². The van der Waals surface area contributed by atoms with Gasteiger partial charge >= 0.3 is 0 Å². The van der Waals surface area contributed by atoms with Crippen molar-refractivity contribution in [2.45, 2.75) is 39.3 Å². The molecule has 220 valence electrons. The summed E-state index contributed by atoms with van der Waals surface area (Å²) >= 11 is 3.18. The lowest BCUT2D eigenvalue weighted by atomic mass is 10.1. The molecule has 1 aliphatic rings. The van der Waals surface area contributed by atoms with E-state index < -0.39 is 0 Å². The molecule has 2 N–H and O–H groups in total. The number of pyridine rings is 1. The quantitative estimate of drug-likeness (QED) is 0.166. The van der Waals surface area contributed by atoms with Crippen molar-refractivity contribution in [3.05, 3.63) is 80.3 Å². The maximum atomic E-state index is 13.9. The Bertz CT molecular complexity index is 1790. The van der Waals surface area contributed by atoms with Gasteiger partial charge in [-0.05, 0) is 87.5 Å². The Morgan fingerprint density at radius 1 is 1.09 bits per heavy atom. The lowest BCUT2D eigenvalue weighted by Crippen LogP contribution is -2.34. The molecule has 1 aromatic carbocycles. The van der Waals surface area contributed by atoms with Gasteiger partial charge in [0, 0.05) is 58.4 Å². The molecule has 0 radical (unpaired) electrons. The summed E-state index contributed by atoms with van der Waals surface area (Å²) < 4.78 is 7.84. The highest BCUT2D eigenvalue weighted by Gasteiger charge is 2.17. The molecule has 0 saturated carbocycles. The molecule has 0 bridgehead atoms. The zero-order chi connectivity index (χ0) is 29.6. The van der Waals surface area contributed by atoms with Gasteiger partial charge in [-0.15, -0.1) is 22.7 Å². The molecule has 5 aromatic rings. The van der Waals surface area contributed by atoms with Gasteiger partial charge in [-0.25, -0.2) is 9.97 Å². The molecule has 4 aromatic heterocycles. The second-order valence-electron chi connectivity index (χ2n) is 10.1.